The fourth-order valence-corrected chi connectivity index (χ4v) is 7.24. The molecule has 0 saturated heterocycles. The summed E-state index contributed by atoms with van der Waals surface area (Å²) in [4.78, 5) is 56.3. The fraction of sp³-hybridized carbons (Fsp3) is 0.179. The summed E-state index contributed by atoms with van der Waals surface area (Å²) < 4.78 is 28.0. The van der Waals surface area contributed by atoms with Crippen molar-refractivity contribution in [2.24, 2.45) is 0 Å². The monoisotopic (exact) mass is 641 g/mol. The quantitative estimate of drug-likeness (QED) is 0.102. The van der Waals surface area contributed by atoms with Gasteiger partial charge in [-0.25, -0.2) is 8.78 Å². The minimum absolute atomic E-state index is 0.241. The topological polar surface area (TPSA) is 86.8 Å². The van der Waals surface area contributed by atoms with Crippen LogP contribution in [0.25, 0.3) is 43.1 Å². The Labute approximate surface area is 273 Å². The smallest absolute Gasteiger partial charge is 0.261 e. The number of hydrogen-bond acceptors (Lipinski definition) is 5. The summed E-state index contributed by atoms with van der Waals surface area (Å²) in [6.07, 6.45) is 1.84. The number of carbonyl (C=O) groups is 4. The van der Waals surface area contributed by atoms with Gasteiger partial charge >= 0.3 is 0 Å². The van der Waals surface area contributed by atoms with E-state index in [0.29, 0.717) is 86.9 Å². The molecule has 0 saturated carbocycles. The Morgan fingerprint density at radius 2 is 0.938 bits per heavy atom. The van der Waals surface area contributed by atoms with Crippen LogP contribution in [0.4, 0.5) is 8.78 Å². The van der Waals surface area contributed by atoms with Crippen LogP contribution in [0.1, 0.15) is 60.7 Å². The molecule has 7 nitrogen and oxygen atoms in total. The lowest BCUT2D eigenvalue weighted by molar-refractivity contribution is 0.0591. The minimum atomic E-state index is -0.378. The molecule has 9 heteroatoms. The number of nitrogens with one attached hydrogen (secondary N) is 1. The van der Waals surface area contributed by atoms with Gasteiger partial charge in [-0.2, -0.15) is 0 Å². The third-order valence-corrected chi connectivity index (χ3v) is 9.50. The molecule has 0 aromatic heterocycles. The maximum Gasteiger partial charge on any atom is 0.261 e. The summed E-state index contributed by atoms with van der Waals surface area (Å²) in [6, 6.07) is 22.9. The maximum atomic E-state index is 14.0. The maximum absolute atomic E-state index is 14.0. The number of halogens is 2. The highest BCUT2D eigenvalue weighted by molar-refractivity contribution is 6.30. The minimum Gasteiger partial charge on any atom is -0.317 e. The van der Waals surface area contributed by atoms with Crippen LogP contribution in [-0.2, 0) is 0 Å². The molecule has 6 aromatic rings. The van der Waals surface area contributed by atoms with Gasteiger partial charge < -0.3 is 5.32 Å². The van der Waals surface area contributed by atoms with E-state index < -0.39 is 0 Å². The first-order valence-corrected chi connectivity index (χ1v) is 16.0. The van der Waals surface area contributed by atoms with Gasteiger partial charge in [-0.15, -0.1) is 0 Å². The van der Waals surface area contributed by atoms with Crippen molar-refractivity contribution in [3.05, 3.63) is 119 Å². The second kappa shape index (κ2) is 11.6. The van der Waals surface area contributed by atoms with Crippen LogP contribution < -0.4 is 5.32 Å². The first kappa shape index (κ1) is 29.8. The second-order valence-electron chi connectivity index (χ2n) is 12.4. The number of imide groups is 2. The van der Waals surface area contributed by atoms with Crippen molar-refractivity contribution in [2.75, 3.05) is 26.2 Å². The second-order valence-corrected chi connectivity index (χ2v) is 12.4. The Morgan fingerprint density at radius 3 is 1.46 bits per heavy atom. The van der Waals surface area contributed by atoms with Crippen molar-refractivity contribution in [3.63, 3.8) is 0 Å². The first-order valence-electron chi connectivity index (χ1n) is 16.0. The number of rotatable bonds is 9. The highest BCUT2D eigenvalue weighted by Gasteiger charge is 2.34. The van der Waals surface area contributed by atoms with Gasteiger partial charge in [0.05, 0.1) is 0 Å². The Balaban J connectivity index is 0.871. The number of unbranched alkanes of at least 4 members (excludes halogenated alkanes) is 1. The summed E-state index contributed by atoms with van der Waals surface area (Å²) in [7, 11) is 0. The van der Waals surface area contributed by atoms with Gasteiger partial charge in [-0.3, -0.25) is 29.0 Å². The Morgan fingerprint density at radius 1 is 0.479 bits per heavy atom. The number of hydrogen-bond donors (Lipinski definition) is 1. The van der Waals surface area contributed by atoms with Gasteiger partial charge in [0.2, 0.25) is 0 Å². The number of nitrogens with zero attached hydrogens (tertiary/aromatic N) is 2. The molecule has 0 spiro atoms. The lowest BCUT2D eigenvalue weighted by Crippen LogP contribution is -2.41. The number of fused-ring (bicyclic) bond motifs is 4. The molecule has 0 unspecified atom stereocenters. The highest BCUT2D eigenvalue weighted by Crippen LogP contribution is 2.37. The van der Waals surface area contributed by atoms with E-state index in [1.165, 1.54) is 34.1 Å². The molecule has 2 heterocycles. The van der Waals surface area contributed by atoms with Crippen LogP contribution in [0.2, 0.25) is 0 Å². The van der Waals surface area contributed by atoms with Crippen LogP contribution in [0, 0.1) is 11.6 Å². The number of amides is 4. The van der Waals surface area contributed by atoms with Crippen LogP contribution in [0.5, 0.6) is 0 Å². The molecule has 0 radical (unpaired) electrons. The van der Waals surface area contributed by atoms with E-state index in [9.17, 15) is 28.0 Å². The molecular weight excluding hydrogens is 612 g/mol. The zero-order valence-corrected chi connectivity index (χ0v) is 25.8. The Bertz CT molecular complexity index is 2220. The molecule has 1 N–H and O–H groups in total. The van der Waals surface area contributed by atoms with E-state index in [0.717, 1.165) is 10.8 Å². The van der Waals surface area contributed by atoms with Crippen LogP contribution in [-0.4, -0.2) is 59.6 Å². The van der Waals surface area contributed by atoms with Gasteiger partial charge in [0.25, 0.3) is 23.6 Å². The van der Waals surface area contributed by atoms with Gasteiger partial charge in [-0.05, 0) is 113 Å². The predicted molar refractivity (Wildman–Crippen MR) is 180 cm³/mol. The SMILES string of the molecule is O=C1c2cccc3c2c(cc2ccc(F)cc23)C(=O)N1CCCCNCCCN1C(=O)c2cccc3c2c(cc2ccc(F)cc23)C1=O. The van der Waals surface area contributed by atoms with Crippen LogP contribution in [0.3, 0.4) is 0 Å². The molecule has 48 heavy (non-hydrogen) atoms. The summed E-state index contributed by atoms with van der Waals surface area (Å²) >= 11 is 0. The van der Waals surface area contributed by atoms with Gasteiger partial charge in [0.1, 0.15) is 11.6 Å². The van der Waals surface area contributed by atoms with Crippen molar-refractivity contribution in [1.29, 1.82) is 0 Å². The molecule has 238 valence electrons. The molecule has 4 amide bonds. The molecule has 2 aliphatic rings. The van der Waals surface area contributed by atoms with Crippen LogP contribution >= 0.6 is 0 Å². The van der Waals surface area contributed by atoms with E-state index in [2.05, 4.69) is 5.32 Å². The van der Waals surface area contributed by atoms with E-state index >= 15 is 0 Å². The van der Waals surface area contributed by atoms with Crippen molar-refractivity contribution in [1.82, 2.24) is 15.1 Å². The molecule has 6 aromatic carbocycles. The summed E-state index contributed by atoms with van der Waals surface area (Å²) in [5.74, 6) is -2.18. The van der Waals surface area contributed by atoms with Crippen molar-refractivity contribution >= 4 is 66.7 Å². The zero-order chi connectivity index (χ0) is 33.1. The predicted octanol–water partition coefficient (Wildman–Crippen LogP) is 7.23. The molecule has 8 rings (SSSR count). The highest BCUT2D eigenvalue weighted by atomic mass is 19.1. The number of benzene rings is 6. The molecule has 2 aliphatic heterocycles. The third-order valence-electron chi connectivity index (χ3n) is 9.50. The molecular formula is C39H29F2N3O4. The molecule has 0 aliphatic carbocycles. The molecule has 0 fully saturated rings. The summed E-state index contributed by atoms with van der Waals surface area (Å²) in [5, 5.41) is 8.64. The molecule has 0 bridgehead atoms. The van der Waals surface area contributed by atoms with E-state index in [1.807, 2.05) is 12.1 Å². The first-order chi connectivity index (χ1) is 23.3. The van der Waals surface area contributed by atoms with Gasteiger partial charge in [0.15, 0.2) is 0 Å². The van der Waals surface area contributed by atoms with E-state index in [4.69, 9.17) is 0 Å². The average molecular weight is 642 g/mol. The summed E-state index contributed by atoms with van der Waals surface area (Å²) in [5.41, 5.74) is 1.76. The number of carbonyl (C=O) groups excluding carboxylic acids is 4. The largest absolute Gasteiger partial charge is 0.317 e. The lowest BCUT2D eigenvalue weighted by Gasteiger charge is -2.28. The van der Waals surface area contributed by atoms with Crippen molar-refractivity contribution in [2.45, 2.75) is 19.3 Å². The standard InChI is InChI=1S/C39H29F2N3O4/c40-24-12-10-22-18-32-34-26(30(22)20-24)6-3-8-28(34)36(45)43(38(32)47)16-2-1-14-42-15-5-17-44-37(46)29-9-4-7-27-31-21-25(41)13-11-23(31)19-33(35(27)29)39(44)48/h3-4,6-13,18-21,42H,1-2,5,14-17H2. The normalized spacial score (nSPS) is 14.4. The van der Waals surface area contributed by atoms with Crippen molar-refractivity contribution in [3.8, 4) is 0 Å². The van der Waals surface area contributed by atoms with Gasteiger partial charge in [0, 0.05) is 46.1 Å². The fourth-order valence-electron chi connectivity index (χ4n) is 7.24. The third kappa shape index (κ3) is 4.73. The Kier molecular flexibility index (Phi) is 7.22. The van der Waals surface area contributed by atoms with Gasteiger partial charge in [-0.1, -0.05) is 36.4 Å². The van der Waals surface area contributed by atoms with E-state index in [-0.39, 0.29) is 48.4 Å². The average Bonchev–Trinajstić information content (AvgIpc) is 3.09. The summed E-state index contributed by atoms with van der Waals surface area (Å²) in [6.45, 7) is 1.70. The zero-order valence-electron chi connectivity index (χ0n) is 25.8. The van der Waals surface area contributed by atoms with Crippen molar-refractivity contribution < 1.29 is 28.0 Å². The van der Waals surface area contributed by atoms with E-state index in [1.54, 1.807) is 48.5 Å². The molecule has 0 atom stereocenters. The lowest BCUT2D eigenvalue weighted by atomic mass is 9.90. The van der Waals surface area contributed by atoms with Crippen LogP contribution in [0.15, 0.2) is 84.9 Å². The Hall–Kier alpha value is -5.54.